The summed E-state index contributed by atoms with van der Waals surface area (Å²) in [5.74, 6) is 0. The molecule has 0 bridgehead atoms. The minimum atomic E-state index is -3.85. The van der Waals surface area contributed by atoms with E-state index in [2.05, 4.69) is 5.32 Å². The predicted octanol–water partition coefficient (Wildman–Crippen LogP) is 3.79. The van der Waals surface area contributed by atoms with Gasteiger partial charge in [0.15, 0.2) is 0 Å². The lowest BCUT2D eigenvalue weighted by molar-refractivity contribution is 0.200. The molecule has 0 aliphatic carbocycles. The number of amides is 2. The Morgan fingerprint density at radius 1 is 1.00 bits per heavy atom. The van der Waals surface area contributed by atoms with Crippen molar-refractivity contribution >= 4 is 42.2 Å². The lowest BCUT2D eigenvalue weighted by atomic mass is 10.1. The molecule has 1 fully saturated rings. The summed E-state index contributed by atoms with van der Waals surface area (Å²) in [6, 6.07) is 9.84. The molecule has 1 aliphatic rings. The van der Waals surface area contributed by atoms with Gasteiger partial charge >= 0.3 is 6.03 Å². The lowest BCUT2D eigenvalue weighted by Gasteiger charge is -2.27. The number of carbonyl (C=O) groups is 1. The molecule has 0 spiro atoms. The van der Waals surface area contributed by atoms with E-state index in [-0.39, 0.29) is 10.9 Å². The highest BCUT2D eigenvalue weighted by Crippen LogP contribution is 2.30. The fraction of sp³-hybridized carbons (Fsp3) is 0.312. The number of halogens is 1. The highest BCUT2D eigenvalue weighted by Gasteiger charge is 2.19. The number of anilines is 1. The fourth-order valence-corrected chi connectivity index (χ4v) is 3.98. The van der Waals surface area contributed by atoms with E-state index in [0.29, 0.717) is 16.5 Å². The number of nitrogens with one attached hydrogen (secondary N) is 1. The van der Waals surface area contributed by atoms with Crippen LogP contribution in [0.3, 0.4) is 0 Å². The second-order valence-electron chi connectivity index (χ2n) is 5.57. The van der Waals surface area contributed by atoms with Crippen molar-refractivity contribution in [2.45, 2.75) is 24.2 Å². The maximum absolute atomic E-state index is 12.4. The van der Waals surface area contributed by atoms with Crippen LogP contribution in [0.1, 0.15) is 19.3 Å². The van der Waals surface area contributed by atoms with Crippen molar-refractivity contribution in [3.63, 3.8) is 0 Å². The van der Waals surface area contributed by atoms with Gasteiger partial charge in [0.1, 0.15) is 0 Å². The number of benzene rings is 2. The summed E-state index contributed by atoms with van der Waals surface area (Å²) in [4.78, 5) is 14.2. The molecule has 0 saturated carbocycles. The number of rotatable bonds is 2. The second kappa shape index (κ2) is 6.37. The molecule has 2 aromatic carbocycles. The predicted molar refractivity (Wildman–Crippen MR) is 91.4 cm³/mol. The van der Waals surface area contributed by atoms with Gasteiger partial charge in [-0.15, -0.1) is 0 Å². The van der Waals surface area contributed by atoms with E-state index < -0.39 is 9.05 Å². The van der Waals surface area contributed by atoms with Crippen molar-refractivity contribution in [3.05, 3.63) is 36.4 Å². The Morgan fingerprint density at radius 2 is 1.65 bits per heavy atom. The van der Waals surface area contributed by atoms with E-state index >= 15 is 0 Å². The number of fused-ring (bicyclic) bond motifs is 1. The van der Waals surface area contributed by atoms with E-state index in [1.165, 1.54) is 6.07 Å². The molecule has 3 rings (SSSR count). The summed E-state index contributed by atoms with van der Waals surface area (Å²) in [7, 11) is 1.65. The Balaban J connectivity index is 1.97. The van der Waals surface area contributed by atoms with E-state index in [1.54, 1.807) is 35.2 Å². The average Bonchev–Trinajstić information content (AvgIpc) is 2.54. The first-order valence-corrected chi connectivity index (χ1v) is 9.80. The van der Waals surface area contributed by atoms with Crippen molar-refractivity contribution in [2.24, 2.45) is 0 Å². The van der Waals surface area contributed by atoms with Crippen LogP contribution in [-0.2, 0) is 9.05 Å². The molecule has 0 radical (unpaired) electrons. The monoisotopic (exact) mass is 352 g/mol. The number of likely N-dealkylation sites (tertiary alicyclic amines) is 1. The Hall–Kier alpha value is -1.79. The molecule has 2 amide bonds. The number of nitrogens with zero attached hydrogens (tertiary/aromatic N) is 1. The zero-order chi connectivity index (χ0) is 16.4. The highest BCUT2D eigenvalue weighted by atomic mass is 35.7. The maximum atomic E-state index is 12.4. The van der Waals surface area contributed by atoms with E-state index in [9.17, 15) is 13.2 Å². The van der Waals surface area contributed by atoms with Gasteiger partial charge in [0.25, 0.3) is 9.05 Å². The normalized spacial score (nSPS) is 15.6. The van der Waals surface area contributed by atoms with Crippen LogP contribution < -0.4 is 5.32 Å². The third-order valence-electron chi connectivity index (χ3n) is 4.03. The van der Waals surface area contributed by atoms with Crippen LogP contribution in [0, 0.1) is 0 Å². The molecule has 122 valence electrons. The van der Waals surface area contributed by atoms with Crippen molar-refractivity contribution in [1.82, 2.24) is 4.90 Å². The first-order valence-electron chi connectivity index (χ1n) is 7.49. The van der Waals surface area contributed by atoms with Gasteiger partial charge in [-0.3, -0.25) is 0 Å². The van der Waals surface area contributed by atoms with E-state index in [4.69, 9.17) is 10.7 Å². The number of hydrogen-bond acceptors (Lipinski definition) is 3. The molecule has 1 aliphatic heterocycles. The largest absolute Gasteiger partial charge is 0.325 e. The number of piperidine rings is 1. The van der Waals surface area contributed by atoms with Gasteiger partial charge in [-0.05, 0) is 31.4 Å². The molecular weight excluding hydrogens is 336 g/mol. The van der Waals surface area contributed by atoms with Gasteiger partial charge in [-0.2, -0.15) is 0 Å². The number of carbonyl (C=O) groups excluding carboxylic acids is 1. The van der Waals surface area contributed by atoms with Crippen LogP contribution in [-0.4, -0.2) is 32.4 Å². The zero-order valence-electron chi connectivity index (χ0n) is 12.5. The summed E-state index contributed by atoms with van der Waals surface area (Å²) >= 11 is 0. The lowest BCUT2D eigenvalue weighted by Crippen LogP contribution is -2.38. The molecule has 1 saturated heterocycles. The molecular formula is C16H17ClN2O3S. The quantitative estimate of drug-likeness (QED) is 0.836. The molecule has 5 nitrogen and oxygen atoms in total. The van der Waals surface area contributed by atoms with Crippen LogP contribution in [0.4, 0.5) is 10.5 Å². The molecule has 1 N–H and O–H groups in total. The topological polar surface area (TPSA) is 66.5 Å². The molecule has 0 atom stereocenters. The number of urea groups is 1. The first kappa shape index (κ1) is 16.1. The van der Waals surface area contributed by atoms with Gasteiger partial charge < -0.3 is 10.2 Å². The van der Waals surface area contributed by atoms with Gasteiger partial charge in [0.05, 0.1) is 10.6 Å². The first-order chi connectivity index (χ1) is 11.0. The van der Waals surface area contributed by atoms with Gasteiger partial charge in [0, 0.05) is 34.5 Å². The Morgan fingerprint density at radius 3 is 2.35 bits per heavy atom. The summed E-state index contributed by atoms with van der Waals surface area (Å²) in [6.45, 7) is 1.50. The van der Waals surface area contributed by atoms with Crippen LogP contribution >= 0.6 is 10.7 Å². The van der Waals surface area contributed by atoms with Gasteiger partial charge in [0.2, 0.25) is 0 Å². The van der Waals surface area contributed by atoms with Crippen molar-refractivity contribution in [1.29, 1.82) is 0 Å². The molecule has 0 unspecified atom stereocenters. The van der Waals surface area contributed by atoms with Crippen molar-refractivity contribution in [2.75, 3.05) is 18.4 Å². The van der Waals surface area contributed by atoms with Gasteiger partial charge in [-0.25, -0.2) is 13.2 Å². The Kier molecular flexibility index (Phi) is 4.46. The summed E-state index contributed by atoms with van der Waals surface area (Å²) < 4.78 is 23.4. The van der Waals surface area contributed by atoms with Crippen molar-refractivity contribution < 1.29 is 13.2 Å². The van der Waals surface area contributed by atoms with Crippen molar-refractivity contribution in [3.8, 4) is 0 Å². The van der Waals surface area contributed by atoms with Gasteiger partial charge in [-0.1, -0.05) is 24.3 Å². The number of hydrogen-bond donors (Lipinski definition) is 1. The fourth-order valence-electron chi connectivity index (χ4n) is 2.89. The third-order valence-corrected chi connectivity index (χ3v) is 5.41. The molecule has 2 aromatic rings. The van der Waals surface area contributed by atoms with Crippen LogP contribution in [0.2, 0.25) is 0 Å². The smallest absolute Gasteiger partial charge is 0.321 e. The third kappa shape index (κ3) is 3.43. The zero-order valence-corrected chi connectivity index (χ0v) is 14.0. The maximum Gasteiger partial charge on any atom is 0.321 e. The van der Waals surface area contributed by atoms with Crippen LogP contribution in [0.25, 0.3) is 10.8 Å². The highest BCUT2D eigenvalue weighted by molar-refractivity contribution is 8.14. The summed E-state index contributed by atoms with van der Waals surface area (Å²) in [6.07, 6.45) is 3.17. The molecule has 7 heteroatoms. The average molecular weight is 353 g/mol. The molecule has 0 aromatic heterocycles. The molecule has 1 heterocycles. The summed E-state index contributed by atoms with van der Waals surface area (Å²) in [5.41, 5.74) is 0.584. The SMILES string of the molecule is O=C(Nc1cccc2c(S(=O)(=O)Cl)cccc12)N1CCCCC1. The second-order valence-corrected chi connectivity index (χ2v) is 8.11. The van der Waals surface area contributed by atoms with Crippen LogP contribution in [0.15, 0.2) is 41.3 Å². The summed E-state index contributed by atoms with van der Waals surface area (Å²) in [5, 5.41) is 4.03. The van der Waals surface area contributed by atoms with E-state index in [0.717, 1.165) is 32.4 Å². The molecule has 23 heavy (non-hydrogen) atoms. The van der Waals surface area contributed by atoms with Crippen LogP contribution in [0.5, 0.6) is 0 Å². The van der Waals surface area contributed by atoms with E-state index in [1.807, 2.05) is 0 Å². The minimum Gasteiger partial charge on any atom is -0.325 e. The Labute approximate surface area is 139 Å². The minimum absolute atomic E-state index is 0.0470. The Bertz CT molecular complexity index is 846. The standard InChI is InChI=1S/C16H17ClN2O3S/c17-23(21,22)15-9-5-6-12-13(15)7-4-8-14(12)18-16(20)19-10-2-1-3-11-19/h4-9H,1-3,10-11H2,(H,18,20).